The number of benzene rings is 1. The first-order valence-corrected chi connectivity index (χ1v) is 12.3. The van der Waals surface area contributed by atoms with E-state index in [0.29, 0.717) is 29.3 Å². The summed E-state index contributed by atoms with van der Waals surface area (Å²) in [4.78, 5) is 31.0. The number of fused-ring (bicyclic) bond motifs is 5. The molecule has 1 saturated carbocycles. The predicted octanol–water partition coefficient (Wildman–Crippen LogP) is 3.94. The summed E-state index contributed by atoms with van der Waals surface area (Å²) < 4.78 is 6.90. The van der Waals surface area contributed by atoms with Gasteiger partial charge in [-0.3, -0.25) is 4.79 Å². The van der Waals surface area contributed by atoms with Crippen LogP contribution < -0.4 is 5.56 Å². The number of nitrogens with zero attached hydrogens (tertiary/aromatic N) is 3. The lowest BCUT2D eigenvalue weighted by Crippen LogP contribution is -2.44. The van der Waals surface area contributed by atoms with Gasteiger partial charge in [-0.25, -0.2) is 9.78 Å². The van der Waals surface area contributed by atoms with Crippen LogP contribution in [0.5, 0.6) is 0 Å². The molecular formula is C27H27N3O5. The monoisotopic (exact) mass is 473 g/mol. The fraction of sp³-hybridized carbons (Fsp3) is 0.407. The van der Waals surface area contributed by atoms with Crippen LogP contribution in [0.2, 0.25) is 0 Å². The van der Waals surface area contributed by atoms with Crippen LogP contribution in [0.1, 0.15) is 79.2 Å². The van der Waals surface area contributed by atoms with Crippen molar-refractivity contribution in [1.29, 1.82) is 0 Å². The van der Waals surface area contributed by atoms with Crippen LogP contribution in [0.25, 0.3) is 22.3 Å². The molecule has 1 aliphatic carbocycles. The van der Waals surface area contributed by atoms with Crippen LogP contribution in [0.3, 0.4) is 0 Å². The van der Waals surface area contributed by atoms with E-state index in [2.05, 4.69) is 5.16 Å². The summed E-state index contributed by atoms with van der Waals surface area (Å²) in [6.07, 6.45) is 7.21. The van der Waals surface area contributed by atoms with Crippen molar-refractivity contribution >= 4 is 23.1 Å². The van der Waals surface area contributed by atoms with Crippen LogP contribution in [0.4, 0.5) is 0 Å². The Labute approximate surface area is 201 Å². The number of oxime groups is 1. The molecule has 1 fully saturated rings. The number of hydrogen-bond acceptors (Lipinski definition) is 7. The van der Waals surface area contributed by atoms with Crippen LogP contribution in [0, 0.1) is 0 Å². The lowest BCUT2D eigenvalue weighted by molar-refractivity contribution is -0.172. The molecule has 6 rings (SSSR count). The Morgan fingerprint density at radius 3 is 2.74 bits per heavy atom. The SMILES string of the molecule is CC[C@@]1(O)C(=O)OCc2c1cc1n(c2=O)Cc2c-1nc1ccc(C=NO)cc1c2C1CCCCC1. The first-order chi connectivity index (χ1) is 17.0. The van der Waals surface area contributed by atoms with Crippen molar-refractivity contribution in [3.8, 4) is 11.4 Å². The molecule has 180 valence electrons. The summed E-state index contributed by atoms with van der Waals surface area (Å²) >= 11 is 0. The number of carbonyl (C=O) groups is 1. The van der Waals surface area contributed by atoms with Crippen LogP contribution in [-0.4, -0.2) is 32.0 Å². The molecule has 2 aliphatic heterocycles. The normalized spacial score (nSPS) is 21.7. The van der Waals surface area contributed by atoms with E-state index in [1.165, 1.54) is 18.2 Å². The van der Waals surface area contributed by atoms with E-state index in [9.17, 15) is 14.7 Å². The zero-order valence-corrected chi connectivity index (χ0v) is 19.6. The molecule has 1 atom stereocenters. The van der Waals surface area contributed by atoms with E-state index in [4.69, 9.17) is 14.9 Å². The van der Waals surface area contributed by atoms with Gasteiger partial charge in [-0.2, -0.15) is 0 Å². The second-order valence-corrected chi connectivity index (χ2v) is 9.81. The van der Waals surface area contributed by atoms with Crippen molar-refractivity contribution in [2.75, 3.05) is 0 Å². The molecule has 2 aromatic heterocycles. The third-order valence-corrected chi connectivity index (χ3v) is 7.98. The highest BCUT2D eigenvalue weighted by atomic mass is 16.6. The second kappa shape index (κ2) is 8.02. The topological polar surface area (TPSA) is 114 Å². The van der Waals surface area contributed by atoms with Gasteiger partial charge in [-0.15, -0.1) is 0 Å². The van der Waals surface area contributed by atoms with Gasteiger partial charge < -0.3 is 19.6 Å². The van der Waals surface area contributed by atoms with Gasteiger partial charge in [0.1, 0.15) is 6.61 Å². The van der Waals surface area contributed by atoms with Crippen molar-refractivity contribution in [1.82, 2.24) is 9.55 Å². The van der Waals surface area contributed by atoms with Gasteiger partial charge in [0.25, 0.3) is 5.56 Å². The number of aromatic nitrogens is 2. The average Bonchev–Trinajstić information content (AvgIpc) is 3.24. The molecule has 1 aromatic carbocycles. The molecule has 3 aliphatic rings. The molecule has 2 N–H and O–H groups in total. The van der Waals surface area contributed by atoms with Gasteiger partial charge >= 0.3 is 5.97 Å². The molecule has 0 radical (unpaired) electrons. The smallest absolute Gasteiger partial charge is 0.343 e. The highest BCUT2D eigenvalue weighted by molar-refractivity contribution is 5.94. The standard InChI is InChI=1S/C27H27N3O5/c1-2-27(33)20-11-22-24-18(13-30(22)25(31)19(20)14-35-26(27)32)23(16-6-4-3-5-7-16)17-10-15(12-28-34)8-9-21(17)29-24/h8-12,16,33-34H,2-7,13-14H2,1H3/t27-/m0/s1. The minimum Gasteiger partial charge on any atom is -0.458 e. The quantitative estimate of drug-likeness (QED) is 0.202. The Kier molecular flexibility index (Phi) is 5.03. The van der Waals surface area contributed by atoms with Crippen LogP contribution in [0.15, 0.2) is 34.2 Å². The number of rotatable bonds is 3. The summed E-state index contributed by atoms with van der Waals surface area (Å²) in [5, 5.41) is 24.4. The van der Waals surface area contributed by atoms with Gasteiger partial charge in [0.15, 0.2) is 5.60 Å². The number of hydrogen-bond donors (Lipinski definition) is 2. The molecule has 35 heavy (non-hydrogen) atoms. The highest BCUT2D eigenvalue weighted by Crippen LogP contribution is 2.45. The van der Waals surface area contributed by atoms with Crippen molar-refractivity contribution in [3.63, 3.8) is 0 Å². The van der Waals surface area contributed by atoms with Gasteiger partial charge in [-0.05, 0) is 54.5 Å². The Morgan fingerprint density at radius 2 is 2.00 bits per heavy atom. The summed E-state index contributed by atoms with van der Waals surface area (Å²) in [5.41, 5.74) is 3.75. The number of aliphatic hydroxyl groups is 1. The zero-order chi connectivity index (χ0) is 24.3. The van der Waals surface area contributed by atoms with Crippen molar-refractivity contribution in [2.24, 2.45) is 5.16 Å². The zero-order valence-electron chi connectivity index (χ0n) is 19.6. The predicted molar refractivity (Wildman–Crippen MR) is 130 cm³/mol. The lowest BCUT2D eigenvalue weighted by Gasteiger charge is -2.31. The Hall–Kier alpha value is -3.52. The maximum Gasteiger partial charge on any atom is 0.343 e. The number of ether oxygens (including phenoxy) is 1. The summed E-state index contributed by atoms with van der Waals surface area (Å²) in [5.74, 6) is -0.371. The summed E-state index contributed by atoms with van der Waals surface area (Å²) in [6, 6.07) is 7.54. The van der Waals surface area contributed by atoms with E-state index >= 15 is 0 Å². The third-order valence-electron chi connectivity index (χ3n) is 7.98. The third kappa shape index (κ3) is 3.16. The number of cyclic esters (lactones) is 1. The van der Waals surface area contributed by atoms with E-state index in [1.54, 1.807) is 17.6 Å². The molecule has 8 heteroatoms. The highest BCUT2D eigenvalue weighted by Gasteiger charge is 2.45. The van der Waals surface area contributed by atoms with Crippen LogP contribution in [-0.2, 0) is 28.3 Å². The molecule has 0 bridgehead atoms. The van der Waals surface area contributed by atoms with Gasteiger partial charge in [-0.1, -0.05) is 37.4 Å². The van der Waals surface area contributed by atoms with E-state index in [1.807, 2.05) is 18.2 Å². The first kappa shape index (κ1) is 22.0. The Balaban J connectivity index is 1.63. The molecular weight excluding hydrogens is 446 g/mol. The minimum absolute atomic E-state index is 0.113. The summed E-state index contributed by atoms with van der Waals surface area (Å²) in [7, 11) is 0. The van der Waals surface area contributed by atoms with Gasteiger partial charge in [0, 0.05) is 16.5 Å². The molecule has 0 saturated heterocycles. The minimum atomic E-state index is -1.84. The van der Waals surface area contributed by atoms with Crippen molar-refractivity contribution in [3.05, 3.63) is 62.4 Å². The van der Waals surface area contributed by atoms with Gasteiger partial charge in [0.2, 0.25) is 0 Å². The first-order valence-electron chi connectivity index (χ1n) is 12.3. The fourth-order valence-corrected chi connectivity index (χ4v) is 6.13. The van der Waals surface area contributed by atoms with E-state index < -0.39 is 11.6 Å². The number of carbonyl (C=O) groups excluding carboxylic acids is 1. The number of pyridine rings is 2. The lowest BCUT2D eigenvalue weighted by atomic mass is 9.80. The van der Waals surface area contributed by atoms with Crippen molar-refractivity contribution < 1.29 is 19.8 Å². The van der Waals surface area contributed by atoms with Gasteiger partial charge in [0.05, 0.1) is 35.2 Å². The van der Waals surface area contributed by atoms with Crippen LogP contribution >= 0.6 is 0 Å². The molecule has 3 aromatic rings. The molecule has 0 spiro atoms. The summed E-state index contributed by atoms with van der Waals surface area (Å²) in [6.45, 7) is 1.96. The second-order valence-electron chi connectivity index (χ2n) is 9.81. The van der Waals surface area contributed by atoms with E-state index in [0.717, 1.165) is 53.4 Å². The van der Waals surface area contributed by atoms with E-state index in [-0.39, 0.29) is 18.6 Å². The Bertz CT molecular complexity index is 1470. The maximum absolute atomic E-state index is 13.6. The van der Waals surface area contributed by atoms with Crippen molar-refractivity contribution in [2.45, 2.75) is 70.1 Å². The number of esters is 1. The molecule has 0 unspecified atom stereocenters. The molecule has 8 nitrogen and oxygen atoms in total. The fourth-order valence-electron chi connectivity index (χ4n) is 6.13. The average molecular weight is 474 g/mol. The largest absolute Gasteiger partial charge is 0.458 e. The maximum atomic E-state index is 13.6. The molecule has 4 heterocycles. The molecule has 0 amide bonds. The Morgan fingerprint density at radius 1 is 1.20 bits per heavy atom.